The Morgan fingerprint density at radius 1 is 1.12 bits per heavy atom. The van der Waals surface area contributed by atoms with Gasteiger partial charge in [-0.05, 0) is 43.7 Å². The van der Waals surface area contributed by atoms with Crippen LogP contribution in [-0.2, 0) is 14.8 Å². The van der Waals surface area contributed by atoms with Crippen molar-refractivity contribution in [2.75, 3.05) is 28.6 Å². The summed E-state index contributed by atoms with van der Waals surface area (Å²) in [6.45, 7) is 3.78. The Hall–Kier alpha value is -2.05. The number of aryl methyl sites for hydroxylation is 1. The van der Waals surface area contributed by atoms with Crippen molar-refractivity contribution in [1.82, 2.24) is 0 Å². The van der Waals surface area contributed by atoms with Crippen molar-refractivity contribution in [1.29, 1.82) is 0 Å². The number of hydrogen-bond donors (Lipinski definition) is 0. The third kappa shape index (κ3) is 4.74. The minimum Gasteiger partial charge on any atom is -0.311 e. The zero-order valence-corrected chi connectivity index (χ0v) is 16.0. The van der Waals surface area contributed by atoms with E-state index < -0.39 is 10.0 Å². The molecule has 0 spiro atoms. The largest absolute Gasteiger partial charge is 0.311 e. The van der Waals surface area contributed by atoms with Gasteiger partial charge in [-0.2, -0.15) is 0 Å². The number of rotatable bonds is 6. The smallest absolute Gasteiger partial charge is 0.247 e. The molecule has 0 bridgehead atoms. The van der Waals surface area contributed by atoms with Crippen molar-refractivity contribution < 1.29 is 13.2 Å². The molecule has 0 heterocycles. The van der Waals surface area contributed by atoms with Crippen LogP contribution < -0.4 is 9.21 Å². The zero-order chi connectivity index (χ0) is 18.6. The molecule has 0 saturated carbocycles. The summed E-state index contributed by atoms with van der Waals surface area (Å²) in [7, 11) is -3.65. The van der Waals surface area contributed by atoms with Gasteiger partial charge < -0.3 is 4.90 Å². The number of para-hydroxylation sites is 1. The summed E-state index contributed by atoms with van der Waals surface area (Å²) in [6.07, 6.45) is 1.08. The molecule has 0 unspecified atom stereocenters. The lowest BCUT2D eigenvalue weighted by molar-refractivity contribution is -0.117. The maximum absolute atomic E-state index is 12.8. The third-order valence-electron chi connectivity index (χ3n) is 3.80. The minimum atomic E-state index is -3.65. The molecule has 0 fully saturated rings. The van der Waals surface area contributed by atoms with Crippen LogP contribution in [0.15, 0.2) is 48.5 Å². The van der Waals surface area contributed by atoms with Crippen molar-refractivity contribution in [2.45, 2.75) is 13.8 Å². The number of carbonyl (C=O) groups is 1. The Morgan fingerprint density at radius 3 is 2.32 bits per heavy atom. The van der Waals surface area contributed by atoms with Gasteiger partial charge in [0.05, 0.1) is 11.9 Å². The molecule has 134 valence electrons. The summed E-state index contributed by atoms with van der Waals surface area (Å²) in [5, 5.41) is 0.414. The lowest BCUT2D eigenvalue weighted by atomic mass is 10.2. The number of anilines is 2. The van der Waals surface area contributed by atoms with E-state index in [1.165, 1.54) is 0 Å². The molecule has 0 radical (unpaired) electrons. The van der Waals surface area contributed by atoms with Gasteiger partial charge in [-0.15, -0.1) is 0 Å². The van der Waals surface area contributed by atoms with Gasteiger partial charge in [0.25, 0.3) is 0 Å². The quantitative estimate of drug-likeness (QED) is 0.771. The van der Waals surface area contributed by atoms with Crippen LogP contribution in [0.3, 0.4) is 0 Å². The first-order valence-corrected chi connectivity index (χ1v) is 10.1. The lowest BCUT2D eigenvalue weighted by Crippen LogP contribution is -2.43. The molecule has 0 aliphatic rings. The van der Waals surface area contributed by atoms with Crippen LogP contribution in [0.1, 0.15) is 12.5 Å². The van der Waals surface area contributed by atoms with Gasteiger partial charge >= 0.3 is 0 Å². The normalized spacial score (nSPS) is 11.2. The van der Waals surface area contributed by atoms with Crippen molar-refractivity contribution in [2.24, 2.45) is 0 Å². The molecule has 1 amide bonds. The highest BCUT2D eigenvalue weighted by atomic mass is 35.5. The van der Waals surface area contributed by atoms with E-state index in [1.54, 1.807) is 30.0 Å². The number of sulfonamides is 1. The molecule has 0 saturated heterocycles. The summed E-state index contributed by atoms with van der Waals surface area (Å²) >= 11 is 6.02. The highest BCUT2D eigenvalue weighted by molar-refractivity contribution is 7.92. The minimum absolute atomic E-state index is 0.289. The number of nitrogens with zero attached hydrogens (tertiary/aromatic N) is 2. The van der Waals surface area contributed by atoms with Crippen LogP contribution in [0.5, 0.6) is 0 Å². The molecule has 0 aliphatic heterocycles. The maximum atomic E-state index is 12.8. The number of amides is 1. The van der Waals surface area contributed by atoms with Crippen molar-refractivity contribution in [3.63, 3.8) is 0 Å². The Kier molecular flexibility index (Phi) is 6.08. The van der Waals surface area contributed by atoms with Crippen LogP contribution in [0.2, 0.25) is 5.02 Å². The molecule has 5 nitrogen and oxygen atoms in total. The highest BCUT2D eigenvalue weighted by Crippen LogP contribution is 2.26. The molecular formula is C18H21ClN2O3S. The second-order valence-corrected chi connectivity index (χ2v) is 8.02. The van der Waals surface area contributed by atoms with Gasteiger partial charge in [0.15, 0.2) is 0 Å². The van der Waals surface area contributed by atoms with E-state index in [0.29, 0.717) is 17.3 Å². The van der Waals surface area contributed by atoms with Crippen molar-refractivity contribution in [3.8, 4) is 0 Å². The van der Waals surface area contributed by atoms with Crippen LogP contribution in [0, 0.1) is 6.92 Å². The Morgan fingerprint density at radius 2 is 1.76 bits per heavy atom. The molecule has 2 rings (SSSR count). The molecule has 0 N–H and O–H groups in total. The van der Waals surface area contributed by atoms with Gasteiger partial charge in [0.1, 0.15) is 6.54 Å². The number of benzene rings is 2. The van der Waals surface area contributed by atoms with E-state index in [0.717, 1.165) is 21.8 Å². The van der Waals surface area contributed by atoms with Gasteiger partial charge in [0, 0.05) is 17.3 Å². The molecular weight excluding hydrogens is 360 g/mol. The highest BCUT2D eigenvalue weighted by Gasteiger charge is 2.25. The van der Waals surface area contributed by atoms with E-state index in [-0.39, 0.29) is 12.5 Å². The SMILES string of the molecule is CCN(C(=O)CN(c1cc(Cl)ccc1C)S(C)(=O)=O)c1ccccc1. The molecule has 0 aromatic heterocycles. The summed E-state index contributed by atoms with van der Waals surface area (Å²) in [5.41, 5.74) is 1.86. The van der Waals surface area contributed by atoms with Crippen LogP contribution in [0.4, 0.5) is 11.4 Å². The van der Waals surface area contributed by atoms with E-state index in [4.69, 9.17) is 11.6 Å². The van der Waals surface area contributed by atoms with Gasteiger partial charge in [-0.3, -0.25) is 9.10 Å². The van der Waals surface area contributed by atoms with Crippen LogP contribution in [-0.4, -0.2) is 33.7 Å². The van der Waals surface area contributed by atoms with Gasteiger partial charge in [-0.25, -0.2) is 8.42 Å². The Bertz CT molecular complexity index is 854. The van der Waals surface area contributed by atoms with E-state index >= 15 is 0 Å². The van der Waals surface area contributed by atoms with E-state index in [1.807, 2.05) is 37.3 Å². The maximum Gasteiger partial charge on any atom is 0.247 e. The first kappa shape index (κ1) is 19.3. The average molecular weight is 381 g/mol. The Labute approximate surface area is 153 Å². The second-order valence-electron chi connectivity index (χ2n) is 5.67. The molecule has 0 atom stereocenters. The van der Waals surface area contributed by atoms with E-state index in [9.17, 15) is 13.2 Å². The fraction of sp³-hybridized carbons (Fsp3) is 0.278. The lowest BCUT2D eigenvalue weighted by Gasteiger charge is -2.28. The predicted molar refractivity (Wildman–Crippen MR) is 103 cm³/mol. The summed E-state index contributed by atoms with van der Waals surface area (Å²) in [6, 6.07) is 14.1. The monoisotopic (exact) mass is 380 g/mol. The zero-order valence-electron chi connectivity index (χ0n) is 14.4. The van der Waals surface area contributed by atoms with Crippen LogP contribution in [0.25, 0.3) is 0 Å². The first-order chi connectivity index (χ1) is 11.7. The van der Waals surface area contributed by atoms with Gasteiger partial charge in [-0.1, -0.05) is 35.9 Å². The first-order valence-electron chi connectivity index (χ1n) is 7.83. The summed E-state index contributed by atoms with van der Waals surface area (Å²) < 4.78 is 25.7. The third-order valence-corrected chi connectivity index (χ3v) is 5.17. The molecule has 2 aromatic carbocycles. The number of carbonyl (C=O) groups excluding carboxylic acids is 1. The van der Waals surface area contributed by atoms with E-state index in [2.05, 4.69) is 0 Å². The number of likely N-dealkylation sites (N-methyl/N-ethyl adjacent to an activating group) is 1. The van der Waals surface area contributed by atoms with Crippen LogP contribution >= 0.6 is 11.6 Å². The fourth-order valence-corrected chi connectivity index (χ4v) is 3.62. The predicted octanol–water partition coefficient (Wildman–Crippen LogP) is 3.47. The fourth-order valence-electron chi connectivity index (χ4n) is 2.55. The molecule has 25 heavy (non-hydrogen) atoms. The van der Waals surface area contributed by atoms with Gasteiger partial charge in [0.2, 0.25) is 15.9 Å². The topological polar surface area (TPSA) is 57.7 Å². The summed E-state index contributed by atoms with van der Waals surface area (Å²) in [5.74, 6) is -0.307. The number of hydrogen-bond acceptors (Lipinski definition) is 3. The average Bonchev–Trinajstić information content (AvgIpc) is 2.56. The van der Waals surface area contributed by atoms with Crippen molar-refractivity contribution in [3.05, 3.63) is 59.1 Å². The molecule has 7 heteroatoms. The standard InChI is InChI=1S/C18H21ClN2O3S/c1-4-20(16-8-6-5-7-9-16)18(22)13-21(25(3,23)24)17-12-15(19)11-10-14(17)2/h5-12H,4,13H2,1-3H3. The second kappa shape index (κ2) is 7.89. The molecule has 2 aromatic rings. The molecule has 0 aliphatic carbocycles. The summed E-state index contributed by atoms with van der Waals surface area (Å²) in [4.78, 5) is 14.3. The Balaban J connectivity index is 2.37. The van der Waals surface area contributed by atoms with Crippen molar-refractivity contribution >= 4 is 38.9 Å². The number of halogens is 1.